The second-order valence-corrected chi connectivity index (χ2v) is 6.04. The van der Waals surface area contributed by atoms with Crippen LogP contribution in [0.3, 0.4) is 0 Å². The molecule has 2 aromatic rings. The number of benzene rings is 2. The summed E-state index contributed by atoms with van der Waals surface area (Å²) in [5, 5.41) is 3.45. The van der Waals surface area contributed by atoms with Crippen LogP contribution in [0.25, 0.3) is 0 Å². The van der Waals surface area contributed by atoms with Crippen LogP contribution in [0.1, 0.15) is 34.3 Å². The first kappa shape index (κ1) is 15.6. The van der Waals surface area contributed by atoms with Crippen molar-refractivity contribution >= 4 is 29.0 Å². The van der Waals surface area contributed by atoms with E-state index in [4.69, 9.17) is 16.3 Å². The Morgan fingerprint density at radius 2 is 2.04 bits per heavy atom. The number of hydrogen-bond donors (Lipinski definition) is 1. The van der Waals surface area contributed by atoms with Crippen LogP contribution in [0.5, 0.6) is 5.75 Å². The van der Waals surface area contributed by atoms with Crippen molar-refractivity contribution in [2.75, 3.05) is 11.9 Å². The lowest BCUT2D eigenvalue weighted by molar-refractivity contribution is -0.116. The van der Waals surface area contributed by atoms with Gasteiger partial charge in [-0.3, -0.25) is 9.59 Å². The quantitative estimate of drug-likeness (QED) is 0.864. The van der Waals surface area contributed by atoms with Crippen LogP contribution < -0.4 is 10.1 Å². The number of carbonyl (C=O) groups is 2. The highest BCUT2D eigenvalue weighted by Crippen LogP contribution is 2.32. The number of aryl methyl sites for hydroxylation is 1. The third-order valence-electron chi connectivity index (χ3n) is 3.99. The van der Waals surface area contributed by atoms with Gasteiger partial charge in [-0.2, -0.15) is 0 Å². The number of rotatable bonds is 4. The van der Waals surface area contributed by atoms with Gasteiger partial charge in [0.25, 0.3) is 0 Å². The molecule has 1 heterocycles. The van der Waals surface area contributed by atoms with Crippen molar-refractivity contribution < 1.29 is 14.3 Å². The van der Waals surface area contributed by atoms with Gasteiger partial charge in [0.1, 0.15) is 5.75 Å². The molecule has 1 aliphatic rings. The lowest BCUT2D eigenvalue weighted by atomic mass is 9.99. The maximum atomic E-state index is 12.3. The SMILES string of the molecule is Cc1cc(OCC(=O)c2ccc3c(c2)[C@@H](C)C(=O)N3)ccc1Cl. The highest BCUT2D eigenvalue weighted by atomic mass is 35.5. The summed E-state index contributed by atoms with van der Waals surface area (Å²) in [6, 6.07) is 10.5. The van der Waals surface area contributed by atoms with Gasteiger partial charge in [-0.25, -0.2) is 0 Å². The van der Waals surface area contributed by atoms with Gasteiger partial charge in [0.15, 0.2) is 12.4 Å². The van der Waals surface area contributed by atoms with E-state index in [1.807, 2.05) is 13.8 Å². The summed E-state index contributed by atoms with van der Waals surface area (Å²) < 4.78 is 5.53. The third kappa shape index (κ3) is 3.08. The average Bonchev–Trinajstić information content (AvgIpc) is 2.82. The van der Waals surface area contributed by atoms with E-state index >= 15 is 0 Å². The fourth-order valence-electron chi connectivity index (χ4n) is 2.53. The topological polar surface area (TPSA) is 55.4 Å². The van der Waals surface area contributed by atoms with E-state index in [-0.39, 0.29) is 24.2 Å². The van der Waals surface area contributed by atoms with Crippen LogP contribution in [0.2, 0.25) is 5.02 Å². The molecule has 0 unspecified atom stereocenters. The van der Waals surface area contributed by atoms with Gasteiger partial charge in [-0.05, 0) is 61.4 Å². The van der Waals surface area contributed by atoms with Crippen LogP contribution >= 0.6 is 11.6 Å². The summed E-state index contributed by atoms with van der Waals surface area (Å²) in [6.45, 7) is 3.64. The molecule has 4 nitrogen and oxygen atoms in total. The van der Waals surface area contributed by atoms with E-state index in [9.17, 15) is 9.59 Å². The standard InChI is InChI=1S/C18H16ClNO3/c1-10-7-13(4-5-15(10)19)23-9-17(21)12-3-6-16-14(8-12)11(2)18(22)20-16/h3-8,11H,9H2,1-2H3,(H,20,22)/t11-/m1/s1. The van der Waals surface area contributed by atoms with E-state index in [1.165, 1.54) is 0 Å². The number of nitrogens with one attached hydrogen (secondary N) is 1. The molecular weight excluding hydrogens is 314 g/mol. The van der Waals surface area contributed by atoms with Gasteiger partial charge < -0.3 is 10.1 Å². The molecule has 3 rings (SSSR count). The molecule has 1 atom stereocenters. The Morgan fingerprint density at radius 3 is 2.78 bits per heavy atom. The molecule has 0 bridgehead atoms. The third-order valence-corrected chi connectivity index (χ3v) is 4.41. The minimum absolute atomic E-state index is 0.0440. The Balaban J connectivity index is 1.72. The number of amides is 1. The largest absolute Gasteiger partial charge is 0.485 e. The maximum Gasteiger partial charge on any atom is 0.231 e. The minimum Gasteiger partial charge on any atom is -0.485 e. The Hall–Kier alpha value is -2.33. The first-order chi connectivity index (χ1) is 11.0. The van der Waals surface area contributed by atoms with Crippen LogP contribution in [0, 0.1) is 6.92 Å². The molecule has 2 aromatic carbocycles. The Labute approximate surface area is 139 Å². The molecule has 23 heavy (non-hydrogen) atoms. The molecule has 0 saturated heterocycles. The highest BCUT2D eigenvalue weighted by Gasteiger charge is 2.27. The van der Waals surface area contributed by atoms with Crippen molar-refractivity contribution in [3.05, 3.63) is 58.1 Å². The Kier molecular flexibility index (Phi) is 4.09. The molecule has 0 fully saturated rings. The lowest BCUT2D eigenvalue weighted by Gasteiger charge is -2.08. The Bertz CT molecular complexity index is 801. The predicted octanol–water partition coefficient (Wildman–Crippen LogP) is 3.97. The van der Waals surface area contributed by atoms with Gasteiger partial charge in [0, 0.05) is 16.3 Å². The maximum absolute atomic E-state index is 12.3. The molecule has 1 N–H and O–H groups in total. The summed E-state index contributed by atoms with van der Waals surface area (Å²) in [5.41, 5.74) is 3.06. The summed E-state index contributed by atoms with van der Waals surface area (Å²) in [7, 11) is 0. The van der Waals surface area contributed by atoms with Gasteiger partial charge >= 0.3 is 0 Å². The number of fused-ring (bicyclic) bond motifs is 1. The zero-order valence-electron chi connectivity index (χ0n) is 12.9. The molecule has 5 heteroatoms. The lowest BCUT2D eigenvalue weighted by Crippen LogP contribution is -2.12. The molecule has 1 amide bonds. The van der Waals surface area contributed by atoms with E-state index in [0.29, 0.717) is 16.3 Å². The number of halogens is 1. The van der Waals surface area contributed by atoms with Crippen molar-refractivity contribution in [1.82, 2.24) is 0 Å². The van der Waals surface area contributed by atoms with Crippen molar-refractivity contribution in [1.29, 1.82) is 0 Å². The van der Waals surface area contributed by atoms with E-state index in [0.717, 1.165) is 16.8 Å². The summed E-state index contributed by atoms with van der Waals surface area (Å²) in [6.07, 6.45) is 0. The highest BCUT2D eigenvalue weighted by molar-refractivity contribution is 6.31. The number of anilines is 1. The normalized spacial score (nSPS) is 16.0. The second kappa shape index (κ2) is 6.05. The van der Waals surface area contributed by atoms with Crippen LogP contribution in [0.4, 0.5) is 5.69 Å². The van der Waals surface area contributed by atoms with Crippen LogP contribution in [-0.2, 0) is 4.79 Å². The van der Waals surface area contributed by atoms with Gasteiger partial charge in [-0.1, -0.05) is 11.6 Å². The molecule has 118 valence electrons. The van der Waals surface area contributed by atoms with Gasteiger partial charge in [0.2, 0.25) is 5.91 Å². The zero-order chi connectivity index (χ0) is 16.6. The van der Waals surface area contributed by atoms with Crippen LogP contribution in [-0.4, -0.2) is 18.3 Å². The van der Waals surface area contributed by atoms with E-state index < -0.39 is 0 Å². The summed E-state index contributed by atoms with van der Waals surface area (Å²) in [4.78, 5) is 24.0. The Morgan fingerprint density at radius 1 is 1.26 bits per heavy atom. The minimum atomic E-state index is -0.238. The first-order valence-corrected chi connectivity index (χ1v) is 7.70. The fraction of sp³-hybridized carbons (Fsp3) is 0.222. The number of ketones is 1. The molecule has 0 aromatic heterocycles. The molecule has 1 aliphatic heterocycles. The number of carbonyl (C=O) groups excluding carboxylic acids is 2. The number of ether oxygens (including phenoxy) is 1. The van der Waals surface area contributed by atoms with Gasteiger partial charge in [-0.15, -0.1) is 0 Å². The van der Waals surface area contributed by atoms with E-state index in [1.54, 1.807) is 36.4 Å². The smallest absolute Gasteiger partial charge is 0.231 e. The first-order valence-electron chi connectivity index (χ1n) is 7.32. The van der Waals surface area contributed by atoms with E-state index in [2.05, 4.69) is 5.32 Å². The predicted molar refractivity (Wildman–Crippen MR) is 89.5 cm³/mol. The molecule has 0 spiro atoms. The number of hydrogen-bond acceptors (Lipinski definition) is 3. The van der Waals surface area contributed by atoms with Gasteiger partial charge in [0.05, 0.1) is 5.92 Å². The summed E-state index contributed by atoms with van der Waals surface area (Å²) >= 11 is 5.96. The van der Waals surface area contributed by atoms with Crippen LogP contribution in [0.15, 0.2) is 36.4 Å². The zero-order valence-corrected chi connectivity index (χ0v) is 13.6. The molecule has 0 saturated carbocycles. The van der Waals surface area contributed by atoms with Crippen molar-refractivity contribution in [3.8, 4) is 5.75 Å². The van der Waals surface area contributed by atoms with Crippen molar-refractivity contribution in [2.45, 2.75) is 19.8 Å². The fourth-order valence-corrected chi connectivity index (χ4v) is 2.65. The molecule has 0 radical (unpaired) electrons. The summed E-state index contributed by atoms with van der Waals surface area (Å²) in [5.74, 6) is 0.189. The second-order valence-electron chi connectivity index (χ2n) is 5.64. The molecular formula is C18H16ClNO3. The number of Topliss-reactive ketones (excluding diaryl/α,β-unsaturated/α-hetero) is 1. The van der Waals surface area contributed by atoms with Crippen molar-refractivity contribution in [2.24, 2.45) is 0 Å². The molecule has 0 aliphatic carbocycles. The monoisotopic (exact) mass is 329 g/mol. The average molecular weight is 330 g/mol. The van der Waals surface area contributed by atoms with Crippen molar-refractivity contribution in [3.63, 3.8) is 0 Å².